The first-order valence-electron chi connectivity index (χ1n) is 8.79. The maximum Gasteiger partial charge on any atom is 0.119 e. The number of hydrogen-bond acceptors (Lipinski definition) is 3. The third-order valence-corrected chi connectivity index (χ3v) is 4.29. The van der Waals surface area contributed by atoms with Crippen LogP contribution in [0, 0.1) is 6.92 Å². The van der Waals surface area contributed by atoms with Crippen LogP contribution in [0.5, 0.6) is 5.75 Å². The highest BCUT2D eigenvalue weighted by atomic mass is 16.5. The van der Waals surface area contributed by atoms with Gasteiger partial charge in [0, 0.05) is 22.2 Å². The molecule has 26 heavy (non-hydrogen) atoms. The van der Waals surface area contributed by atoms with Crippen LogP contribution in [0.4, 0.5) is 0 Å². The fourth-order valence-electron chi connectivity index (χ4n) is 3.21. The van der Waals surface area contributed by atoms with E-state index in [4.69, 9.17) is 4.74 Å². The van der Waals surface area contributed by atoms with Gasteiger partial charge in [0.25, 0.3) is 0 Å². The quantitative estimate of drug-likeness (QED) is 0.540. The van der Waals surface area contributed by atoms with Crippen molar-refractivity contribution in [2.24, 2.45) is 0 Å². The molecule has 0 fully saturated rings. The number of nitrogens with one attached hydrogen (secondary N) is 1. The third kappa shape index (κ3) is 3.06. The summed E-state index contributed by atoms with van der Waals surface area (Å²) >= 11 is 0. The maximum atomic E-state index is 5.74. The van der Waals surface area contributed by atoms with E-state index in [1.807, 2.05) is 57.3 Å². The van der Waals surface area contributed by atoms with E-state index in [0.29, 0.717) is 0 Å². The number of benzene rings is 2. The van der Waals surface area contributed by atoms with Crippen molar-refractivity contribution in [2.75, 3.05) is 0 Å². The van der Waals surface area contributed by atoms with E-state index in [1.54, 1.807) is 0 Å². The van der Waals surface area contributed by atoms with E-state index in [1.165, 1.54) is 0 Å². The summed E-state index contributed by atoms with van der Waals surface area (Å²) in [5.41, 5.74) is 6.26. The Hall–Kier alpha value is -3.14. The number of ether oxygens (including phenoxy) is 1. The fourth-order valence-corrected chi connectivity index (χ4v) is 3.21. The summed E-state index contributed by atoms with van der Waals surface area (Å²) in [5.74, 6) is 0.874. The molecule has 0 spiro atoms. The number of aromatic amines is 1. The lowest BCUT2D eigenvalue weighted by molar-refractivity contribution is 0.242. The number of nitrogens with zero attached hydrogens (tertiary/aromatic N) is 2. The second-order valence-electron chi connectivity index (χ2n) is 6.68. The Labute approximate surface area is 152 Å². The highest BCUT2D eigenvalue weighted by Gasteiger charge is 2.14. The molecular formula is C22H21N3O. The topological polar surface area (TPSA) is 50.8 Å². The number of rotatable bonds is 4. The summed E-state index contributed by atoms with van der Waals surface area (Å²) in [6, 6.07) is 18.4. The Morgan fingerprint density at radius 1 is 0.962 bits per heavy atom. The van der Waals surface area contributed by atoms with E-state index in [0.717, 1.165) is 44.7 Å². The van der Waals surface area contributed by atoms with E-state index >= 15 is 0 Å². The van der Waals surface area contributed by atoms with Crippen molar-refractivity contribution in [3.63, 3.8) is 0 Å². The summed E-state index contributed by atoms with van der Waals surface area (Å²) in [7, 11) is 0. The molecule has 2 heterocycles. The predicted octanol–water partition coefficient (Wildman–Crippen LogP) is 5.39. The van der Waals surface area contributed by atoms with Gasteiger partial charge in [0.15, 0.2) is 0 Å². The normalized spacial score (nSPS) is 11.2. The average Bonchev–Trinajstić information content (AvgIpc) is 3.10. The van der Waals surface area contributed by atoms with Crippen molar-refractivity contribution >= 4 is 10.9 Å². The molecule has 0 aliphatic carbocycles. The molecule has 130 valence electrons. The van der Waals surface area contributed by atoms with Gasteiger partial charge in [-0.3, -0.25) is 10.1 Å². The van der Waals surface area contributed by atoms with Crippen molar-refractivity contribution in [1.82, 2.24) is 15.2 Å². The number of aromatic nitrogens is 3. The average molecular weight is 343 g/mol. The van der Waals surface area contributed by atoms with Crippen LogP contribution in [0.3, 0.4) is 0 Å². The van der Waals surface area contributed by atoms with Gasteiger partial charge in [0.2, 0.25) is 0 Å². The lowest BCUT2D eigenvalue weighted by atomic mass is 9.98. The Kier molecular flexibility index (Phi) is 4.17. The van der Waals surface area contributed by atoms with Gasteiger partial charge in [0.05, 0.1) is 23.5 Å². The highest BCUT2D eigenvalue weighted by Crippen LogP contribution is 2.35. The summed E-state index contributed by atoms with van der Waals surface area (Å²) in [6.45, 7) is 6.07. The van der Waals surface area contributed by atoms with Gasteiger partial charge in [-0.25, -0.2) is 0 Å². The minimum Gasteiger partial charge on any atom is -0.491 e. The zero-order chi connectivity index (χ0) is 18.1. The number of aryl methyl sites for hydroxylation is 1. The zero-order valence-corrected chi connectivity index (χ0v) is 15.2. The van der Waals surface area contributed by atoms with Crippen molar-refractivity contribution in [2.45, 2.75) is 26.9 Å². The van der Waals surface area contributed by atoms with Gasteiger partial charge in [-0.2, -0.15) is 5.10 Å². The Morgan fingerprint density at radius 3 is 2.50 bits per heavy atom. The standard InChI is InChI=1S/C22H21N3O/c1-14(2)26-17-10-8-16(9-11-17)20-13-23-25-22(20)19-12-15(3)24-21-7-5-4-6-18(19)21/h4-14H,1-3H3,(H,23,25). The second-order valence-corrected chi connectivity index (χ2v) is 6.68. The van der Waals surface area contributed by atoms with Crippen LogP contribution in [-0.2, 0) is 0 Å². The molecule has 0 radical (unpaired) electrons. The SMILES string of the molecule is Cc1cc(-c2[nH]ncc2-c2ccc(OC(C)C)cc2)c2ccccc2n1. The molecule has 4 aromatic rings. The summed E-state index contributed by atoms with van der Waals surface area (Å²) in [4.78, 5) is 4.64. The number of para-hydroxylation sites is 1. The first-order chi connectivity index (χ1) is 12.6. The van der Waals surface area contributed by atoms with Crippen LogP contribution in [0.25, 0.3) is 33.3 Å². The third-order valence-electron chi connectivity index (χ3n) is 4.29. The van der Waals surface area contributed by atoms with Gasteiger partial charge < -0.3 is 4.74 Å². The van der Waals surface area contributed by atoms with Gasteiger partial charge in [-0.15, -0.1) is 0 Å². The number of H-pyrrole nitrogens is 1. The molecule has 2 aromatic carbocycles. The lowest BCUT2D eigenvalue weighted by Gasteiger charge is -2.11. The number of hydrogen-bond donors (Lipinski definition) is 1. The molecule has 0 atom stereocenters. The van der Waals surface area contributed by atoms with Gasteiger partial charge in [0.1, 0.15) is 5.75 Å². The Morgan fingerprint density at radius 2 is 1.73 bits per heavy atom. The molecule has 0 aliphatic heterocycles. The molecule has 0 saturated heterocycles. The van der Waals surface area contributed by atoms with E-state index in [9.17, 15) is 0 Å². The second kappa shape index (κ2) is 6.64. The first-order valence-corrected chi connectivity index (χ1v) is 8.79. The molecule has 4 nitrogen and oxygen atoms in total. The smallest absolute Gasteiger partial charge is 0.119 e. The van der Waals surface area contributed by atoms with Crippen molar-refractivity contribution < 1.29 is 4.74 Å². The Balaban J connectivity index is 1.81. The summed E-state index contributed by atoms with van der Waals surface area (Å²) in [5, 5.41) is 8.60. The molecule has 4 rings (SSSR count). The molecule has 0 aliphatic rings. The highest BCUT2D eigenvalue weighted by molar-refractivity contribution is 5.97. The van der Waals surface area contributed by atoms with Crippen LogP contribution in [0.1, 0.15) is 19.5 Å². The van der Waals surface area contributed by atoms with E-state index < -0.39 is 0 Å². The molecule has 4 heteroatoms. The number of pyridine rings is 1. The van der Waals surface area contributed by atoms with Crippen LogP contribution >= 0.6 is 0 Å². The summed E-state index contributed by atoms with van der Waals surface area (Å²) in [6.07, 6.45) is 2.04. The monoisotopic (exact) mass is 343 g/mol. The van der Waals surface area contributed by atoms with Crippen LogP contribution < -0.4 is 4.74 Å². The van der Waals surface area contributed by atoms with Gasteiger partial charge >= 0.3 is 0 Å². The molecule has 0 saturated carbocycles. The minimum absolute atomic E-state index is 0.163. The van der Waals surface area contributed by atoms with E-state index in [-0.39, 0.29) is 6.10 Å². The zero-order valence-electron chi connectivity index (χ0n) is 15.2. The van der Waals surface area contributed by atoms with Crippen molar-refractivity contribution in [3.8, 4) is 28.1 Å². The molecule has 0 bridgehead atoms. The van der Waals surface area contributed by atoms with Crippen LogP contribution in [-0.4, -0.2) is 21.3 Å². The predicted molar refractivity (Wildman–Crippen MR) is 105 cm³/mol. The first kappa shape index (κ1) is 16.3. The van der Waals surface area contributed by atoms with Crippen LogP contribution in [0.2, 0.25) is 0 Å². The van der Waals surface area contributed by atoms with Crippen molar-refractivity contribution in [3.05, 3.63) is 66.5 Å². The molecular weight excluding hydrogens is 322 g/mol. The van der Waals surface area contributed by atoms with Gasteiger partial charge in [-0.1, -0.05) is 30.3 Å². The van der Waals surface area contributed by atoms with Crippen LogP contribution in [0.15, 0.2) is 60.8 Å². The van der Waals surface area contributed by atoms with E-state index in [2.05, 4.69) is 39.4 Å². The van der Waals surface area contributed by atoms with Gasteiger partial charge in [-0.05, 0) is 50.6 Å². The molecule has 1 N–H and O–H groups in total. The molecule has 0 amide bonds. The fraction of sp³-hybridized carbons (Fsp3) is 0.182. The molecule has 2 aromatic heterocycles. The maximum absolute atomic E-state index is 5.74. The number of fused-ring (bicyclic) bond motifs is 1. The molecule has 0 unspecified atom stereocenters. The Bertz CT molecular complexity index is 1050. The lowest BCUT2D eigenvalue weighted by Crippen LogP contribution is -2.05. The minimum atomic E-state index is 0.163. The van der Waals surface area contributed by atoms with Crippen molar-refractivity contribution in [1.29, 1.82) is 0 Å². The summed E-state index contributed by atoms with van der Waals surface area (Å²) < 4.78 is 5.74. The largest absolute Gasteiger partial charge is 0.491 e.